The molecule has 2 aromatic carbocycles. The fourth-order valence-electron chi connectivity index (χ4n) is 4.82. The van der Waals surface area contributed by atoms with Gasteiger partial charge in [-0.15, -0.1) is 0 Å². The predicted octanol–water partition coefficient (Wildman–Crippen LogP) is 4.38. The van der Waals surface area contributed by atoms with Gasteiger partial charge in [0.2, 0.25) is 5.91 Å². The highest BCUT2D eigenvalue weighted by atomic mass is 16.5. The number of amides is 2. The first-order valence-electron chi connectivity index (χ1n) is 12.0. The summed E-state index contributed by atoms with van der Waals surface area (Å²) >= 11 is 0. The van der Waals surface area contributed by atoms with Crippen molar-refractivity contribution in [1.82, 2.24) is 9.80 Å². The summed E-state index contributed by atoms with van der Waals surface area (Å²) in [4.78, 5) is 29.9. The van der Waals surface area contributed by atoms with Crippen LogP contribution in [0.4, 0.5) is 0 Å². The van der Waals surface area contributed by atoms with E-state index in [1.807, 2.05) is 40.1 Å². The summed E-state index contributed by atoms with van der Waals surface area (Å²) in [5, 5.41) is 0. The summed E-state index contributed by atoms with van der Waals surface area (Å²) in [5.41, 5.74) is 1.64. The summed E-state index contributed by atoms with van der Waals surface area (Å²) in [7, 11) is 1.58. The molecule has 2 fully saturated rings. The maximum Gasteiger partial charge on any atom is 0.253 e. The van der Waals surface area contributed by atoms with Crippen molar-refractivity contribution in [1.29, 1.82) is 0 Å². The molecule has 1 atom stereocenters. The van der Waals surface area contributed by atoms with Gasteiger partial charge in [0, 0.05) is 37.7 Å². The van der Waals surface area contributed by atoms with Crippen LogP contribution < -0.4 is 9.47 Å². The molecular formula is C27H34N2O4. The lowest BCUT2D eigenvalue weighted by Gasteiger charge is -2.37. The number of benzene rings is 2. The van der Waals surface area contributed by atoms with Crippen LogP contribution in [0, 0.1) is 11.8 Å². The first-order valence-corrected chi connectivity index (χ1v) is 12.0. The summed E-state index contributed by atoms with van der Waals surface area (Å²) in [6, 6.07) is 15.3. The van der Waals surface area contributed by atoms with E-state index < -0.39 is 0 Å². The molecule has 2 aliphatic heterocycles. The standard InChI is InChI=1S/C27H34N2O4/c1-20-7-6-14-29(18-20)26(30)22-12-15-28(16-13-22)27(31)23-10-11-24(25(17-23)32-2)33-19-21-8-4-3-5-9-21/h3-5,8-11,17,20,22H,6-7,12-16,18-19H2,1-2H3. The molecular weight excluding hydrogens is 416 g/mol. The Balaban J connectivity index is 1.34. The van der Waals surface area contributed by atoms with Crippen molar-refractivity contribution in [2.24, 2.45) is 11.8 Å². The SMILES string of the molecule is COc1cc(C(=O)N2CCC(C(=O)N3CCCC(C)C3)CC2)ccc1OCc1ccccc1. The number of hydrogen-bond donors (Lipinski definition) is 0. The number of hydrogen-bond acceptors (Lipinski definition) is 4. The van der Waals surface area contributed by atoms with Crippen LogP contribution in [-0.4, -0.2) is 54.9 Å². The molecule has 0 radical (unpaired) electrons. The van der Waals surface area contributed by atoms with Gasteiger partial charge in [0.15, 0.2) is 11.5 Å². The van der Waals surface area contributed by atoms with Gasteiger partial charge in [0.05, 0.1) is 7.11 Å². The number of carbonyl (C=O) groups excluding carboxylic acids is 2. The third-order valence-corrected chi connectivity index (χ3v) is 6.75. The van der Waals surface area contributed by atoms with Crippen molar-refractivity contribution in [3.63, 3.8) is 0 Å². The van der Waals surface area contributed by atoms with Crippen molar-refractivity contribution in [2.45, 2.75) is 39.2 Å². The largest absolute Gasteiger partial charge is 0.493 e. The van der Waals surface area contributed by atoms with Gasteiger partial charge in [-0.3, -0.25) is 9.59 Å². The van der Waals surface area contributed by atoms with E-state index >= 15 is 0 Å². The monoisotopic (exact) mass is 450 g/mol. The van der Waals surface area contributed by atoms with Gasteiger partial charge in [-0.05, 0) is 55.4 Å². The Kier molecular flexibility index (Phi) is 7.53. The molecule has 2 aliphatic rings. The van der Waals surface area contributed by atoms with E-state index in [4.69, 9.17) is 9.47 Å². The topological polar surface area (TPSA) is 59.1 Å². The van der Waals surface area contributed by atoms with E-state index in [0.717, 1.165) is 37.9 Å². The Hall–Kier alpha value is -3.02. The number of carbonyl (C=O) groups is 2. The second-order valence-electron chi connectivity index (χ2n) is 9.24. The molecule has 1 unspecified atom stereocenters. The Morgan fingerprint density at radius 3 is 2.39 bits per heavy atom. The van der Waals surface area contributed by atoms with E-state index in [9.17, 15) is 9.59 Å². The molecule has 6 heteroatoms. The van der Waals surface area contributed by atoms with Crippen LogP contribution in [0.5, 0.6) is 11.5 Å². The smallest absolute Gasteiger partial charge is 0.253 e. The first kappa shape index (κ1) is 23.1. The van der Waals surface area contributed by atoms with E-state index in [1.54, 1.807) is 25.3 Å². The summed E-state index contributed by atoms with van der Waals surface area (Å²) < 4.78 is 11.4. The predicted molar refractivity (Wildman–Crippen MR) is 127 cm³/mol. The van der Waals surface area contributed by atoms with Crippen LogP contribution in [0.25, 0.3) is 0 Å². The Labute approximate surface area is 196 Å². The second-order valence-corrected chi connectivity index (χ2v) is 9.24. The van der Waals surface area contributed by atoms with Crippen molar-refractivity contribution in [3.05, 3.63) is 59.7 Å². The van der Waals surface area contributed by atoms with Crippen molar-refractivity contribution in [3.8, 4) is 11.5 Å². The molecule has 2 heterocycles. The molecule has 6 nitrogen and oxygen atoms in total. The maximum atomic E-state index is 13.1. The van der Waals surface area contributed by atoms with Gasteiger partial charge in [0.1, 0.15) is 6.61 Å². The Morgan fingerprint density at radius 1 is 0.939 bits per heavy atom. The number of rotatable bonds is 6. The van der Waals surface area contributed by atoms with Gasteiger partial charge < -0.3 is 19.3 Å². The number of methoxy groups -OCH3 is 1. The highest BCUT2D eigenvalue weighted by Crippen LogP contribution is 2.30. The molecule has 2 saturated heterocycles. The van der Waals surface area contributed by atoms with Gasteiger partial charge in [0.25, 0.3) is 5.91 Å². The number of likely N-dealkylation sites (tertiary alicyclic amines) is 2. The van der Waals surface area contributed by atoms with Crippen LogP contribution in [0.1, 0.15) is 48.5 Å². The lowest BCUT2D eigenvalue weighted by Crippen LogP contribution is -2.47. The number of nitrogens with zero attached hydrogens (tertiary/aromatic N) is 2. The fourth-order valence-corrected chi connectivity index (χ4v) is 4.82. The minimum Gasteiger partial charge on any atom is -0.493 e. The van der Waals surface area contributed by atoms with Gasteiger partial charge in [-0.1, -0.05) is 37.3 Å². The molecule has 0 N–H and O–H groups in total. The number of piperidine rings is 2. The van der Waals surface area contributed by atoms with Gasteiger partial charge in [-0.25, -0.2) is 0 Å². The molecule has 4 rings (SSSR count). The molecule has 0 aromatic heterocycles. The molecule has 33 heavy (non-hydrogen) atoms. The molecule has 0 bridgehead atoms. The van der Waals surface area contributed by atoms with E-state index in [-0.39, 0.29) is 17.7 Å². The summed E-state index contributed by atoms with van der Waals surface area (Å²) in [5.74, 6) is 2.01. The maximum absolute atomic E-state index is 13.1. The number of ether oxygens (including phenoxy) is 2. The summed E-state index contributed by atoms with van der Waals surface area (Å²) in [6.45, 7) is 5.60. The molecule has 2 aromatic rings. The highest BCUT2D eigenvalue weighted by Gasteiger charge is 2.32. The zero-order valence-corrected chi connectivity index (χ0v) is 19.7. The van der Waals surface area contributed by atoms with E-state index in [1.165, 1.54) is 6.42 Å². The Bertz CT molecular complexity index is 954. The quantitative estimate of drug-likeness (QED) is 0.655. The first-order chi connectivity index (χ1) is 16.0. The fraction of sp³-hybridized carbons (Fsp3) is 0.481. The Morgan fingerprint density at radius 2 is 1.70 bits per heavy atom. The average molecular weight is 451 g/mol. The molecule has 0 aliphatic carbocycles. The minimum atomic E-state index is -0.0274. The van der Waals surface area contributed by atoms with E-state index in [0.29, 0.717) is 42.7 Å². The highest BCUT2D eigenvalue weighted by molar-refractivity contribution is 5.95. The summed E-state index contributed by atoms with van der Waals surface area (Å²) in [6.07, 6.45) is 3.75. The van der Waals surface area contributed by atoms with Crippen LogP contribution in [0.2, 0.25) is 0 Å². The zero-order chi connectivity index (χ0) is 23.2. The minimum absolute atomic E-state index is 0.0274. The lowest BCUT2D eigenvalue weighted by molar-refractivity contribution is -0.138. The molecule has 0 spiro atoms. The third kappa shape index (κ3) is 5.67. The van der Waals surface area contributed by atoms with Crippen LogP contribution in [0.3, 0.4) is 0 Å². The second kappa shape index (κ2) is 10.7. The van der Waals surface area contributed by atoms with E-state index in [2.05, 4.69) is 6.92 Å². The van der Waals surface area contributed by atoms with Crippen LogP contribution >= 0.6 is 0 Å². The van der Waals surface area contributed by atoms with Gasteiger partial charge in [-0.2, -0.15) is 0 Å². The zero-order valence-electron chi connectivity index (χ0n) is 19.7. The van der Waals surface area contributed by atoms with Crippen LogP contribution in [0.15, 0.2) is 48.5 Å². The van der Waals surface area contributed by atoms with Crippen molar-refractivity contribution < 1.29 is 19.1 Å². The third-order valence-electron chi connectivity index (χ3n) is 6.75. The van der Waals surface area contributed by atoms with Gasteiger partial charge >= 0.3 is 0 Å². The molecule has 2 amide bonds. The van der Waals surface area contributed by atoms with Crippen molar-refractivity contribution in [2.75, 3.05) is 33.3 Å². The molecule has 176 valence electrons. The molecule has 0 saturated carbocycles. The van der Waals surface area contributed by atoms with Crippen LogP contribution in [-0.2, 0) is 11.4 Å². The average Bonchev–Trinajstić information content (AvgIpc) is 2.87. The van der Waals surface area contributed by atoms with Crippen molar-refractivity contribution >= 4 is 11.8 Å². The normalized spacial score (nSPS) is 19.3. The lowest BCUT2D eigenvalue weighted by atomic mass is 9.92.